The van der Waals surface area contributed by atoms with Gasteiger partial charge >= 0.3 is 0 Å². The van der Waals surface area contributed by atoms with Crippen LogP contribution in [0.2, 0.25) is 10.0 Å². The first-order chi connectivity index (χ1) is 22.2. The molecule has 0 aliphatic rings. The number of nitrogens with zero attached hydrogens (tertiary/aromatic N) is 2. The van der Waals surface area contributed by atoms with Crippen molar-refractivity contribution in [2.45, 2.75) is 62.0 Å². The van der Waals surface area contributed by atoms with Gasteiger partial charge in [-0.15, -0.1) is 11.8 Å². The third kappa shape index (κ3) is 9.76. The maximum atomic E-state index is 14.6. The van der Waals surface area contributed by atoms with Crippen molar-refractivity contribution in [3.63, 3.8) is 0 Å². The molecule has 248 valence electrons. The van der Waals surface area contributed by atoms with Crippen LogP contribution < -0.4 is 9.62 Å². The van der Waals surface area contributed by atoms with Gasteiger partial charge in [-0.05, 0) is 93.6 Å². The van der Waals surface area contributed by atoms with Crippen molar-refractivity contribution in [1.29, 1.82) is 0 Å². The maximum Gasteiger partial charge on any atom is 0.264 e. The molecule has 1 atom stereocenters. The van der Waals surface area contributed by atoms with Crippen molar-refractivity contribution >= 4 is 62.5 Å². The molecule has 4 rings (SSSR count). The molecule has 2 amide bonds. The molecule has 0 saturated heterocycles. The molecule has 11 heteroatoms. The topological polar surface area (TPSA) is 86.8 Å². The Morgan fingerprint density at radius 2 is 1.49 bits per heavy atom. The number of aryl methyl sites for hydroxylation is 1. The molecule has 4 aromatic carbocycles. The maximum absolute atomic E-state index is 14.6. The summed E-state index contributed by atoms with van der Waals surface area (Å²) in [6, 6.07) is 26.9. The summed E-state index contributed by atoms with van der Waals surface area (Å²) in [5, 5.41) is 3.68. The largest absolute Gasteiger partial charge is 0.350 e. The molecule has 0 aromatic heterocycles. The highest BCUT2D eigenvalue weighted by molar-refractivity contribution is 7.98. The zero-order valence-corrected chi connectivity index (χ0v) is 30.2. The van der Waals surface area contributed by atoms with Crippen molar-refractivity contribution in [2.24, 2.45) is 0 Å². The zero-order valence-electron chi connectivity index (χ0n) is 27.0. The van der Waals surface area contributed by atoms with Gasteiger partial charge in [0.15, 0.2) is 0 Å². The second-order valence-corrected chi connectivity index (χ2v) is 15.8. The lowest BCUT2D eigenvalue weighted by Gasteiger charge is -2.35. The molecule has 0 aliphatic carbocycles. The second-order valence-electron chi connectivity index (χ2n) is 12.2. The number of sulfonamides is 1. The number of hydrogen-bond donors (Lipinski definition) is 1. The Kier molecular flexibility index (Phi) is 12.1. The van der Waals surface area contributed by atoms with Gasteiger partial charge in [-0.2, -0.15) is 0 Å². The Labute approximate surface area is 292 Å². The van der Waals surface area contributed by atoms with Gasteiger partial charge in [0.05, 0.1) is 20.6 Å². The van der Waals surface area contributed by atoms with E-state index in [0.29, 0.717) is 21.3 Å². The number of nitrogens with one attached hydrogen (secondary N) is 1. The van der Waals surface area contributed by atoms with E-state index in [1.165, 1.54) is 28.8 Å². The number of hydrogen-bond acceptors (Lipinski definition) is 5. The van der Waals surface area contributed by atoms with E-state index >= 15 is 0 Å². The van der Waals surface area contributed by atoms with E-state index in [4.69, 9.17) is 23.2 Å². The molecule has 0 fully saturated rings. The minimum absolute atomic E-state index is 0.0189. The summed E-state index contributed by atoms with van der Waals surface area (Å²) in [5.74, 6) is -0.932. The Morgan fingerprint density at radius 1 is 0.851 bits per heavy atom. The third-order valence-electron chi connectivity index (χ3n) is 7.35. The highest BCUT2D eigenvalue weighted by atomic mass is 35.5. The van der Waals surface area contributed by atoms with E-state index in [2.05, 4.69) is 5.32 Å². The van der Waals surface area contributed by atoms with E-state index in [9.17, 15) is 18.0 Å². The molecule has 0 aliphatic heterocycles. The summed E-state index contributed by atoms with van der Waals surface area (Å²) < 4.78 is 29.6. The van der Waals surface area contributed by atoms with Gasteiger partial charge < -0.3 is 10.2 Å². The second kappa shape index (κ2) is 15.6. The summed E-state index contributed by atoms with van der Waals surface area (Å²) in [4.78, 5) is 31.0. The van der Waals surface area contributed by atoms with Gasteiger partial charge in [-0.3, -0.25) is 13.9 Å². The van der Waals surface area contributed by atoms with Crippen molar-refractivity contribution < 1.29 is 18.0 Å². The highest BCUT2D eigenvalue weighted by Crippen LogP contribution is 2.28. The highest BCUT2D eigenvalue weighted by Gasteiger charge is 2.35. The average molecular weight is 713 g/mol. The minimum Gasteiger partial charge on any atom is -0.350 e. The molecule has 1 unspecified atom stereocenters. The van der Waals surface area contributed by atoms with Crippen LogP contribution in [-0.2, 0) is 32.6 Å². The molecule has 7 nitrogen and oxygen atoms in total. The molecular formula is C36H39Cl2N3O4S2. The van der Waals surface area contributed by atoms with Crippen LogP contribution in [0.1, 0.15) is 37.5 Å². The zero-order chi connectivity index (χ0) is 34.4. The number of carbonyl (C=O) groups excluding carboxylic acids is 2. The first kappa shape index (κ1) is 36.3. The summed E-state index contributed by atoms with van der Waals surface area (Å²) in [7, 11) is -4.20. The van der Waals surface area contributed by atoms with Crippen LogP contribution >= 0.6 is 35.0 Å². The van der Waals surface area contributed by atoms with Gasteiger partial charge in [0, 0.05) is 23.4 Å². The molecule has 47 heavy (non-hydrogen) atoms. The fourth-order valence-corrected chi connectivity index (χ4v) is 7.10. The molecule has 0 bridgehead atoms. The van der Waals surface area contributed by atoms with Gasteiger partial charge in [-0.1, -0.05) is 77.3 Å². The van der Waals surface area contributed by atoms with Gasteiger partial charge in [0.2, 0.25) is 11.8 Å². The summed E-state index contributed by atoms with van der Waals surface area (Å²) in [6.45, 7) is 6.92. The van der Waals surface area contributed by atoms with Gasteiger partial charge in [0.1, 0.15) is 12.6 Å². The van der Waals surface area contributed by atoms with Crippen LogP contribution in [-0.4, -0.2) is 49.5 Å². The fourth-order valence-electron chi connectivity index (χ4n) is 4.96. The van der Waals surface area contributed by atoms with Crippen LogP contribution in [0.3, 0.4) is 0 Å². The van der Waals surface area contributed by atoms with E-state index in [-0.39, 0.29) is 23.8 Å². The smallest absolute Gasteiger partial charge is 0.264 e. The monoisotopic (exact) mass is 711 g/mol. The Morgan fingerprint density at radius 3 is 2.06 bits per heavy atom. The Bertz CT molecular complexity index is 1800. The molecule has 4 aromatic rings. The molecule has 1 N–H and O–H groups in total. The van der Waals surface area contributed by atoms with Crippen LogP contribution in [0.4, 0.5) is 5.69 Å². The van der Waals surface area contributed by atoms with Crippen molar-refractivity contribution in [1.82, 2.24) is 10.2 Å². The van der Waals surface area contributed by atoms with E-state index in [0.717, 1.165) is 20.3 Å². The predicted molar refractivity (Wildman–Crippen MR) is 193 cm³/mol. The third-order valence-corrected chi connectivity index (χ3v) is 10.6. The normalized spacial score (nSPS) is 12.3. The van der Waals surface area contributed by atoms with E-state index in [1.54, 1.807) is 54.6 Å². The van der Waals surface area contributed by atoms with Crippen molar-refractivity contribution in [3.8, 4) is 0 Å². The fraction of sp³-hybridized carbons (Fsp3) is 0.278. The lowest BCUT2D eigenvalue weighted by molar-refractivity contribution is -0.140. The minimum atomic E-state index is -4.20. The summed E-state index contributed by atoms with van der Waals surface area (Å²) in [6.07, 6.45) is 2.11. The van der Waals surface area contributed by atoms with Crippen LogP contribution in [0.5, 0.6) is 0 Å². The Balaban J connectivity index is 1.83. The average Bonchev–Trinajstić information content (AvgIpc) is 3.03. The molecule has 0 heterocycles. The van der Waals surface area contributed by atoms with Crippen molar-refractivity contribution in [3.05, 3.63) is 124 Å². The van der Waals surface area contributed by atoms with Crippen LogP contribution in [0.15, 0.2) is 107 Å². The number of benzene rings is 4. The molecule has 0 radical (unpaired) electrons. The van der Waals surface area contributed by atoms with E-state index in [1.807, 2.05) is 64.3 Å². The SMILES string of the molecule is CSc1ccc(S(=O)(=O)N(CC(=O)N(Cc2ccc(Cl)c(Cl)c2)C(Cc2ccccc2)C(=O)NC(C)(C)C)c2ccc(C)cc2)cc1. The van der Waals surface area contributed by atoms with Crippen molar-refractivity contribution in [2.75, 3.05) is 17.1 Å². The number of carbonyl (C=O) groups is 2. The number of amides is 2. The van der Waals surface area contributed by atoms with Crippen LogP contribution in [0.25, 0.3) is 0 Å². The summed E-state index contributed by atoms with van der Waals surface area (Å²) in [5.41, 5.74) is 2.14. The number of rotatable bonds is 12. The quantitative estimate of drug-likeness (QED) is 0.152. The molecular weight excluding hydrogens is 673 g/mol. The van der Waals surface area contributed by atoms with Gasteiger partial charge in [-0.25, -0.2) is 8.42 Å². The lowest BCUT2D eigenvalue weighted by Crippen LogP contribution is -2.56. The molecule has 0 spiro atoms. The first-order valence-electron chi connectivity index (χ1n) is 15.0. The number of anilines is 1. The first-order valence-corrected chi connectivity index (χ1v) is 18.4. The predicted octanol–water partition coefficient (Wildman–Crippen LogP) is 7.77. The van der Waals surface area contributed by atoms with E-state index < -0.39 is 34.1 Å². The lowest BCUT2D eigenvalue weighted by atomic mass is 10.0. The number of halogens is 2. The van der Waals surface area contributed by atoms with Crippen LogP contribution in [0, 0.1) is 6.92 Å². The molecule has 0 saturated carbocycles. The number of thioether (sulfide) groups is 1. The standard InChI is InChI=1S/C36H39Cl2N3O4S2/c1-25-11-14-28(15-12-25)41(47(44,45)30-18-16-29(46-5)17-19-30)24-34(42)40(23-27-13-20-31(37)32(38)21-27)33(35(43)39-36(2,3)4)22-26-9-7-6-8-10-26/h6-21,33H,22-24H2,1-5H3,(H,39,43). The van der Waals surface area contributed by atoms with Gasteiger partial charge in [0.25, 0.3) is 10.0 Å². The Hall–Kier alpha value is -3.50. The summed E-state index contributed by atoms with van der Waals surface area (Å²) >= 11 is 14.1.